The number of likely N-dealkylation sites (N-methyl/N-ethyl adjacent to an activating group) is 1. The highest BCUT2D eigenvalue weighted by Crippen LogP contribution is 2.20. The molecule has 2 fully saturated rings. The second kappa shape index (κ2) is 3.56. The quantitative estimate of drug-likeness (QED) is 0.689. The molecule has 76 valence electrons. The van der Waals surface area contributed by atoms with E-state index in [1.807, 2.05) is 0 Å². The maximum Gasteiger partial charge on any atom is 0.0902 e. The number of rotatable bonds is 3. The van der Waals surface area contributed by atoms with Gasteiger partial charge in [0, 0.05) is 19.1 Å². The standard InChI is InChI=1S/C10H20N2O/c1-10(7-11-8-10)13-6-9-4-3-5-12(9)2/h9,11H,3-8H2,1-2H3. The average molecular weight is 184 g/mol. The third-order valence-corrected chi connectivity index (χ3v) is 3.29. The molecule has 2 aliphatic heterocycles. The minimum absolute atomic E-state index is 0.128. The van der Waals surface area contributed by atoms with Crippen molar-refractivity contribution in [3.05, 3.63) is 0 Å². The van der Waals surface area contributed by atoms with E-state index in [1.165, 1.54) is 19.4 Å². The van der Waals surface area contributed by atoms with Gasteiger partial charge in [0.1, 0.15) is 0 Å². The lowest BCUT2D eigenvalue weighted by Gasteiger charge is -2.40. The molecule has 13 heavy (non-hydrogen) atoms. The minimum atomic E-state index is 0.128. The van der Waals surface area contributed by atoms with E-state index in [-0.39, 0.29) is 5.60 Å². The first-order chi connectivity index (χ1) is 6.20. The highest BCUT2D eigenvalue weighted by Gasteiger charge is 2.34. The third kappa shape index (κ3) is 2.03. The molecule has 1 atom stereocenters. The SMILES string of the molecule is CN1CCCC1COC1(C)CNC1. The summed E-state index contributed by atoms with van der Waals surface area (Å²) in [6.07, 6.45) is 2.64. The molecule has 0 amide bonds. The van der Waals surface area contributed by atoms with Gasteiger partial charge in [0.2, 0.25) is 0 Å². The van der Waals surface area contributed by atoms with Gasteiger partial charge in [-0.25, -0.2) is 0 Å². The van der Waals surface area contributed by atoms with Crippen LogP contribution in [0.25, 0.3) is 0 Å². The lowest BCUT2D eigenvalue weighted by atomic mass is 10.00. The van der Waals surface area contributed by atoms with Gasteiger partial charge in [-0.2, -0.15) is 0 Å². The van der Waals surface area contributed by atoms with Crippen LogP contribution in [0.15, 0.2) is 0 Å². The first-order valence-corrected chi connectivity index (χ1v) is 5.25. The first-order valence-electron chi connectivity index (χ1n) is 5.25. The zero-order valence-corrected chi connectivity index (χ0v) is 8.68. The fourth-order valence-corrected chi connectivity index (χ4v) is 2.07. The van der Waals surface area contributed by atoms with Gasteiger partial charge < -0.3 is 15.0 Å². The maximum atomic E-state index is 5.92. The minimum Gasteiger partial charge on any atom is -0.371 e. The summed E-state index contributed by atoms with van der Waals surface area (Å²) in [6, 6.07) is 0.664. The molecule has 0 spiro atoms. The number of nitrogens with one attached hydrogen (secondary N) is 1. The Morgan fingerprint density at radius 1 is 1.54 bits per heavy atom. The van der Waals surface area contributed by atoms with Crippen LogP contribution in [0.1, 0.15) is 19.8 Å². The summed E-state index contributed by atoms with van der Waals surface area (Å²) >= 11 is 0. The van der Waals surface area contributed by atoms with E-state index in [1.54, 1.807) is 0 Å². The van der Waals surface area contributed by atoms with Crippen LogP contribution in [0.3, 0.4) is 0 Å². The smallest absolute Gasteiger partial charge is 0.0902 e. The van der Waals surface area contributed by atoms with Crippen LogP contribution in [-0.2, 0) is 4.74 Å². The van der Waals surface area contributed by atoms with Gasteiger partial charge in [0.05, 0.1) is 12.2 Å². The van der Waals surface area contributed by atoms with Crippen molar-refractivity contribution in [1.82, 2.24) is 10.2 Å². The summed E-state index contributed by atoms with van der Waals surface area (Å²) in [5.41, 5.74) is 0.128. The van der Waals surface area contributed by atoms with Crippen LogP contribution in [0.5, 0.6) is 0 Å². The average Bonchev–Trinajstić information content (AvgIpc) is 2.44. The number of likely N-dealkylation sites (tertiary alicyclic amines) is 1. The van der Waals surface area contributed by atoms with E-state index in [4.69, 9.17) is 4.74 Å². The van der Waals surface area contributed by atoms with Crippen molar-refractivity contribution in [2.45, 2.75) is 31.4 Å². The zero-order valence-electron chi connectivity index (χ0n) is 8.68. The van der Waals surface area contributed by atoms with Crippen molar-refractivity contribution in [3.8, 4) is 0 Å². The second-order valence-electron chi connectivity index (χ2n) is 4.64. The molecule has 0 aliphatic carbocycles. The van der Waals surface area contributed by atoms with Gasteiger partial charge in [-0.3, -0.25) is 0 Å². The molecular formula is C10H20N2O. The molecule has 2 heterocycles. The summed E-state index contributed by atoms with van der Waals surface area (Å²) in [4.78, 5) is 2.41. The van der Waals surface area contributed by atoms with E-state index in [0.717, 1.165) is 19.7 Å². The summed E-state index contributed by atoms with van der Waals surface area (Å²) in [7, 11) is 2.20. The van der Waals surface area contributed by atoms with E-state index >= 15 is 0 Å². The highest BCUT2D eigenvalue weighted by molar-refractivity contribution is 4.91. The van der Waals surface area contributed by atoms with Crippen molar-refractivity contribution >= 4 is 0 Å². The van der Waals surface area contributed by atoms with Crippen LogP contribution in [0.2, 0.25) is 0 Å². The van der Waals surface area contributed by atoms with Crippen molar-refractivity contribution in [3.63, 3.8) is 0 Å². The van der Waals surface area contributed by atoms with Gasteiger partial charge in [-0.05, 0) is 33.4 Å². The molecule has 2 aliphatic rings. The van der Waals surface area contributed by atoms with Crippen molar-refractivity contribution < 1.29 is 4.74 Å². The fraction of sp³-hybridized carbons (Fsp3) is 1.00. The molecule has 0 aromatic carbocycles. The van der Waals surface area contributed by atoms with E-state index in [0.29, 0.717) is 6.04 Å². The zero-order chi connectivity index (χ0) is 9.31. The molecule has 0 saturated carbocycles. The van der Waals surface area contributed by atoms with E-state index in [9.17, 15) is 0 Å². The molecular weight excluding hydrogens is 164 g/mol. The fourth-order valence-electron chi connectivity index (χ4n) is 2.07. The predicted octanol–water partition coefficient (Wildman–Crippen LogP) is 0.459. The Hall–Kier alpha value is -0.120. The normalized spacial score (nSPS) is 33.2. The summed E-state index contributed by atoms with van der Waals surface area (Å²) < 4.78 is 5.92. The Bertz CT molecular complexity index is 180. The lowest BCUT2D eigenvalue weighted by molar-refractivity contribution is -0.0809. The summed E-state index contributed by atoms with van der Waals surface area (Å²) in [6.45, 7) is 6.38. The molecule has 0 bridgehead atoms. The molecule has 0 aromatic rings. The molecule has 3 nitrogen and oxygen atoms in total. The van der Waals surface area contributed by atoms with Crippen molar-refractivity contribution in [2.24, 2.45) is 0 Å². The molecule has 3 heteroatoms. The number of hydrogen-bond acceptors (Lipinski definition) is 3. The van der Waals surface area contributed by atoms with Crippen LogP contribution < -0.4 is 5.32 Å². The van der Waals surface area contributed by atoms with Gasteiger partial charge in [-0.1, -0.05) is 0 Å². The molecule has 1 N–H and O–H groups in total. The highest BCUT2D eigenvalue weighted by atomic mass is 16.5. The Morgan fingerprint density at radius 3 is 2.77 bits per heavy atom. The monoisotopic (exact) mass is 184 g/mol. The molecule has 0 radical (unpaired) electrons. The molecule has 2 saturated heterocycles. The van der Waals surface area contributed by atoms with Gasteiger partial charge in [0.25, 0.3) is 0 Å². The Labute approximate surface area is 80.4 Å². The van der Waals surface area contributed by atoms with Gasteiger partial charge >= 0.3 is 0 Å². The second-order valence-corrected chi connectivity index (χ2v) is 4.64. The molecule has 0 aromatic heterocycles. The van der Waals surface area contributed by atoms with Crippen LogP contribution in [0, 0.1) is 0 Å². The van der Waals surface area contributed by atoms with Crippen molar-refractivity contribution in [2.75, 3.05) is 33.3 Å². The number of ether oxygens (including phenoxy) is 1. The van der Waals surface area contributed by atoms with E-state index < -0.39 is 0 Å². The molecule has 2 rings (SSSR count). The molecule has 1 unspecified atom stereocenters. The lowest BCUT2D eigenvalue weighted by Crippen LogP contribution is -2.59. The van der Waals surface area contributed by atoms with Crippen LogP contribution >= 0.6 is 0 Å². The van der Waals surface area contributed by atoms with Crippen LogP contribution in [0.4, 0.5) is 0 Å². The third-order valence-electron chi connectivity index (χ3n) is 3.29. The van der Waals surface area contributed by atoms with Crippen molar-refractivity contribution in [1.29, 1.82) is 0 Å². The Morgan fingerprint density at radius 2 is 2.31 bits per heavy atom. The largest absolute Gasteiger partial charge is 0.371 e. The van der Waals surface area contributed by atoms with Gasteiger partial charge in [-0.15, -0.1) is 0 Å². The number of nitrogens with zero attached hydrogens (tertiary/aromatic N) is 1. The summed E-state index contributed by atoms with van der Waals surface area (Å²) in [5.74, 6) is 0. The Balaban J connectivity index is 1.72. The van der Waals surface area contributed by atoms with Gasteiger partial charge in [0.15, 0.2) is 0 Å². The van der Waals surface area contributed by atoms with Crippen LogP contribution in [-0.4, -0.2) is 49.8 Å². The maximum absolute atomic E-state index is 5.92. The Kier molecular flexibility index (Phi) is 2.58. The summed E-state index contributed by atoms with van der Waals surface area (Å²) in [5, 5.41) is 3.25. The first kappa shape index (κ1) is 9.44. The number of hydrogen-bond donors (Lipinski definition) is 1. The topological polar surface area (TPSA) is 24.5 Å². The van der Waals surface area contributed by atoms with E-state index in [2.05, 4.69) is 24.2 Å². The predicted molar refractivity (Wildman–Crippen MR) is 52.9 cm³/mol.